The zero-order valence-corrected chi connectivity index (χ0v) is 10.9. The number of carboxylic acids is 1. The molecular formula is C13H14N4O3. The van der Waals surface area contributed by atoms with Gasteiger partial charge in [0.2, 0.25) is 5.91 Å². The number of hydrogen-bond donors (Lipinski definition) is 2. The topological polar surface area (TPSA) is 97.1 Å². The lowest BCUT2D eigenvalue weighted by molar-refractivity contribution is -0.121. The first kappa shape index (κ1) is 13.7. The summed E-state index contributed by atoms with van der Waals surface area (Å²) >= 11 is 0. The van der Waals surface area contributed by atoms with Gasteiger partial charge in [0.25, 0.3) is 0 Å². The summed E-state index contributed by atoms with van der Waals surface area (Å²) in [5, 5.41) is 19.0. The molecule has 20 heavy (non-hydrogen) atoms. The minimum absolute atomic E-state index is 0.0566. The van der Waals surface area contributed by atoms with Crippen LogP contribution in [0.25, 0.3) is 0 Å². The van der Waals surface area contributed by atoms with E-state index in [0.29, 0.717) is 12.1 Å². The second-order valence-electron chi connectivity index (χ2n) is 4.18. The summed E-state index contributed by atoms with van der Waals surface area (Å²) in [7, 11) is 1.51. The summed E-state index contributed by atoms with van der Waals surface area (Å²) in [6.45, 7) is -0.0566. The Labute approximate surface area is 115 Å². The van der Waals surface area contributed by atoms with Gasteiger partial charge in [-0.25, -0.2) is 9.48 Å². The summed E-state index contributed by atoms with van der Waals surface area (Å²) in [6.07, 6.45) is 0.354. The molecule has 1 aromatic carbocycles. The summed E-state index contributed by atoms with van der Waals surface area (Å²) in [5.74, 6) is -1.42. The fraction of sp³-hybridized carbons (Fsp3) is 0.231. The highest BCUT2D eigenvalue weighted by Gasteiger charge is 2.20. The fourth-order valence-corrected chi connectivity index (χ4v) is 1.81. The van der Waals surface area contributed by atoms with Crippen molar-refractivity contribution in [2.24, 2.45) is 0 Å². The molecule has 0 aliphatic heterocycles. The van der Waals surface area contributed by atoms with Gasteiger partial charge in [-0.05, 0) is 5.56 Å². The van der Waals surface area contributed by atoms with E-state index in [1.807, 2.05) is 30.3 Å². The molecule has 2 N–H and O–H groups in total. The number of hydrogen-bond acceptors (Lipinski definition) is 4. The largest absolute Gasteiger partial charge is 0.476 e. The van der Waals surface area contributed by atoms with Gasteiger partial charge in [-0.3, -0.25) is 4.79 Å². The number of nitrogens with zero attached hydrogens (tertiary/aromatic N) is 3. The van der Waals surface area contributed by atoms with Crippen LogP contribution in [-0.2, 0) is 17.8 Å². The molecule has 7 nitrogen and oxygen atoms in total. The van der Waals surface area contributed by atoms with Gasteiger partial charge in [-0.15, -0.1) is 5.10 Å². The molecule has 0 spiro atoms. The number of amides is 1. The summed E-state index contributed by atoms with van der Waals surface area (Å²) in [4.78, 5) is 22.6. The van der Waals surface area contributed by atoms with Crippen molar-refractivity contribution in [3.63, 3.8) is 0 Å². The molecule has 0 fully saturated rings. The Bertz CT molecular complexity index is 622. The number of aromatic carboxylic acids is 1. The van der Waals surface area contributed by atoms with Crippen LogP contribution in [0.5, 0.6) is 0 Å². The first-order valence-corrected chi connectivity index (χ1v) is 6.02. The molecule has 0 aliphatic rings. The van der Waals surface area contributed by atoms with Crippen LogP contribution in [0.3, 0.4) is 0 Å². The van der Waals surface area contributed by atoms with E-state index in [1.54, 1.807) is 0 Å². The van der Waals surface area contributed by atoms with Crippen molar-refractivity contribution in [1.82, 2.24) is 20.3 Å². The first-order chi connectivity index (χ1) is 9.61. The van der Waals surface area contributed by atoms with Crippen molar-refractivity contribution in [3.05, 3.63) is 47.3 Å². The number of carbonyl (C=O) groups is 2. The SMILES string of the molecule is CNC(=O)Cn1nnc(C(=O)O)c1Cc1ccccc1. The van der Waals surface area contributed by atoms with Crippen LogP contribution in [0.4, 0.5) is 0 Å². The van der Waals surface area contributed by atoms with Crippen LogP contribution in [0.2, 0.25) is 0 Å². The molecule has 2 aromatic rings. The third kappa shape index (κ3) is 3.00. The molecule has 7 heteroatoms. The van der Waals surface area contributed by atoms with Crippen LogP contribution >= 0.6 is 0 Å². The van der Waals surface area contributed by atoms with E-state index in [9.17, 15) is 9.59 Å². The summed E-state index contributed by atoms with van der Waals surface area (Å²) in [6, 6.07) is 9.36. The number of benzene rings is 1. The van der Waals surface area contributed by atoms with Crippen molar-refractivity contribution in [1.29, 1.82) is 0 Å². The van der Waals surface area contributed by atoms with Gasteiger partial charge in [0.15, 0.2) is 5.69 Å². The molecule has 1 amide bonds. The van der Waals surface area contributed by atoms with Gasteiger partial charge in [-0.2, -0.15) is 0 Å². The van der Waals surface area contributed by atoms with E-state index in [1.165, 1.54) is 11.7 Å². The average molecular weight is 274 g/mol. The van der Waals surface area contributed by atoms with Gasteiger partial charge >= 0.3 is 5.97 Å². The van der Waals surface area contributed by atoms with Gasteiger partial charge in [0, 0.05) is 13.5 Å². The monoisotopic (exact) mass is 274 g/mol. The molecule has 2 rings (SSSR count). The minimum Gasteiger partial charge on any atom is -0.476 e. The molecular weight excluding hydrogens is 260 g/mol. The Morgan fingerprint density at radius 3 is 2.60 bits per heavy atom. The number of carbonyl (C=O) groups excluding carboxylic acids is 1. The van der Waals surface area contributed by atoms with Gasteiger partial charge < -0.3 is 10.4 Å². The maximum Gasteiger partial charge on any atom is 0.358 e. The Hall–Kier alpha value is -2.70. The van der Waals surface area contributed by atoms with E-state index in [2.05, 4.69) is 15.6 Å². The van der Waals surface area contributed by atoms with Gasteiger partial charge in [0.05, 0.1) is 5.69 Å². The molecule has 0 radical (unpaired) electrons. The van der Waals surface area contributed by atoms with Crippen LogP contribution in [0.1, 0.15) is 21.7 Å². The van der Waals surface area contributed by atoms with Crippen LogP contribution in [0, 0.1) is 0 Å². The highest BCUT2D eigenvalue weighted by atomic mass is 16.4. The maximum absolute atomic E-state index is 11.4. The number of aromatic nitrogens is 3. The lowest BCUT2D eigenvalue weighted by atomic mass is 10.1. The molecule has 0 saturated carbocycles. The number of likely N-dealkylation sites (N-methyl/N-ethyl adjacent to an activating group) is 1. The molecule has 0 saturated heterocycles. The Balaban J connectivity index is 2.34. The number of rotatable bonds is 5. The van der Waals surface area contributed by atoms with E-state index < -0.39 is 5.97 Å². The van der Waals surface area contributed by atoms with Crippen LogP contribution in [0.15, 0.2) is 30.3 Å². The zero-order chi connectivity index (χ0) is 14.5. The highest BCUT2D eigenvalue weighted by molar-refractivity contribution is 5.86. The second kappa shape index (κ2) is 5.96. The smallest absolute Gasteiger partial charge is 0.358 e. The van der Waals surface area contributed by atoms with Crippen molar-refractivity contribution >= 4 is 11.9 Å². The zero-order valence-electron chi connectivity index (χ0n) is 10.9. The van der Waals surface area contributed by atoms with Gasteiger partial charge in [0.1, 0.15) is 6.54 Å². The third-order valence-electron chi connectivity index (χ3n) is 2.83. The normalized spacial score (nSPS) is 10.2. The van der Waals surface area contributed by atoms with Crippen molar-refractivity contribution in [2.75, 3.05) is 7.05 Å². The number of carboxylic acid groups (broad SMARTS) is 1. The lowest BCUT2D eigenvalue weighted by Crippen LogP contribution is -2.25. The molecule has 1 heterocycles. The van der Waals surface area contributed by atoms with Gasteiger partial charge in [-0.1, -0.05) is 35.5 Å². The Kier molecular flexibility index (Phi) is 4.09. The van der Waals surface area contributed by atoms with E-state index >= 15 is 0 Å². The first-order valence-electron chi connectivity index (χ1n) is 6.02. The fourth-order valence-electron chi connectivity index (χ4n) is 1.81. The third-order valence-corrected chi connectivity index (χ3v) is 2.83. The molecule has 0 bridgehead atoms. The van der Waals surface area contributed by atoms with Crippen molar-refractivity contribution in [3.8, 4) is 0 Å². The highest BCUT2D eigenvalue weighted by Crippen LogP contribution is 2.12. The second-order valence-corrected chi connectivity index (χ2v) is 4.18. The van der Waals surface area contributed by atoms with E-state index in [0.717, 1.165) is 5.56 Å². The molecule has 104 valence electrons. The maximum atomic E-state index is 11.4. The Morgan fingerprint density at radius 1 is 1.30 bits per heavy atom. The molecule has 0 atom stereocenters. The van der Waals surface area contributed by atoms with Crippen LogP contribution in [-0.4, -0.2) is 39.0 Å². The molecule has 0 aliphatic carbocycles. The molecule has 1 aromatic heterocycles. The Morgan fingerprint density at radius 2 is 2.00 bits per heavy atom. The van der Waals surface area contributed by atoms with Crippen molar-refractivity contribution < 1.29 is 14.7 Å². The minimum atomic E-state index is -1.15. The number of nitrogens with one attached hydrogen (secondary N) is 1. The lowest BCUT2D eigenvalue weighted by Gasteiger charge is -2.06. The van der Waals surface area contributed by atoms with E-state index in [-0.39, 0.29) is 18.1 Å². The van der Waals surface area contributed by atoms with E-state index in [4.69, 9.17) is 5.11 Å². The van der Waals surface area contributed by atoms with Crippen molar-refractivity contribution in [2.45, 2.75) is 13.0 Å². The quantitative estimate of drug-likeness (QED) is 0.818. The standard InChI is InChI=1S/C13H14N4O3/c1-14-11(18)8-17-10(12(13(19)20)15-16-17)7-9-5-3-2-4-6-9/h2-6H,7-8H2,1H3,(H,14,18)(H,19,20). The van der Waals surface area contributed by atoms with Crippen LogP contribution < -0.4 is 5.32 Å². The summed E-state index contributed by atoms with van der Waals surface area (Å²) in [5.41, 5.74) is 1.21. The predicted molar refractivity (Wildman–Crippen MR) is 70.3 cm³/mol. The summed E-state index contributed by atoms with van der Waals surface area (Å²) < 4.78 is 1.31. The molecule has 0 unspecified atom stereocenters. The average Bonchev–Trinajstić information content (AvgIpc) is 2.83. The predicted octanol–water partition coefficient (Wildman–Crippen LogP) is 0.313.